The Morgan fingerprint density at radius 2 is 1.70 bits per heavy atom. The Balaban J connectivity index is 1.88. The molecule has 8 heteroatoms. The summed E-state index contributed by atoms with van der Waals surface area (Å²) in [5, 5.41) is 11.8. The Labute approximate surface area is 181 Å². The van der Waals surface area contributed by atoms with Crippen LogP contribution in [0.25, 0.3) is 0 Å². The van der Waals surface area contributed by atoms with Crippen LogP contribution in [0.2, 0.25) is 5.02 Å². The van der Waals surface area contributed by atoms with Gasteiger partial charge in [-0.15, -0.1) is 0 Å². The minimum absolute atomic E-state index is 0.0684. The topological polar surface area (TPSA) is 101 Å². The zero-order valence-electron chi connectivity index (χ0n) is 16.6. The van der Waals surface area contributed by atoms with Gasteiger partial charge in [-0.05, 0) is 60.9 Å². The maximum atomic E-state index is 12.9. The number of primary sulfonamides is 1. The van der Waals surface area contributed by atoms with E-state index in [0.29, 0.717) is 34.1 Å². The molecule has 0 aliphatic carbocycles. The van der Waals surface area contributed by atoms with Crippen molar-refractivity contribution < 1.29 is 13.2 Å². The van der Waals surface area contributed by atoms with Crippen LogP contribution in [0.5, 0.6) is 0 Å². The predicted molar refractivity (Wildman–Crippen MR) is 120 cm³/mol. The molecule has 4 N–H and O–H groups in total. The smallest absolute Gasteiger partial charge is 0.255 e. The minimum Gasteiger partial charge on any atom is -0.379 e. The number of halogens is 1. The van der Waals surface area contributed by atoms with Gasteiger partial charge in [0.15, 0.2) is 0 Å². The molecule has 1 amide bonds. The highest BCUT2D eigenvalue weighted by Gasteiger charge is 2.18. The zero-order valence-corrected chi connectivity index (χ0v) is 18.1. The lowest BCUT2D eigenvalue weighted by molar-refractivity contribution is 0.102. The van der Waals surface area contributed by atoms with E-state index in [-0.39, 0.29) is 10.5 Å². The highest BCUT2D eigenvalue weighted by Crippen LogP contribution is 2.28. The highest BCUT2D eigenvalue weighted by molar-refractivity contribution is 7.89. The molecule has 0 spiro atoms. The van der Waals surface area contributed by atoms with Crippen LogP contribution in [0.3, 0.4) is 0 Å². The second-order valence-corrected chi connectivity index (χ2v) is 8.91. The maximum absolute atomic E-state index is 12.9. The van der Waals surface area contributed by atoms with E-state index in [4.69, 9.17) is 16.7 Å². The normalized spacial score (nSPS) is 11.2. The fraction of sp³-hybridized carbons (Fsp3) is 0.136. The molecule has 0 saturated heterocycles. The van der Waals surface area contributed by atoms with E-state index in [1.807, 2.05) is 30.3 Å². The van der Waals surface area contributed by atoms with Gasteiger partial charge < -0.3 is 10.6 Å². The number of nitrogens with one attached hydrogen (secondary N) is 2. The third-order valence-electron chi connectivity index (χ3n) is 4.74. The van der Waals surface area contributed by atoms with Crippen molar-refractivity contribution in [1.82, 2.24) is 0 Å². The van der Waals surface area contributed by atoms with Gasteiger partial charge in [-0.25, -0.2) is 13.6 Å². The quantitative estimate of drug-likeness (QED) is 0.523. The molecule has 0 aromatic heterocycles. The van der Waals surface area contributed by atoms with Gasteiger partial charge in [-0.1, -0.05) is 41.9 Å². The van der Waals surface area contributed by atoms with Gasteiger partial charge in [-0.2, -0.15) is 0 Å². The first-order valence-corrected chi connectivity index (χ1v) is 11.1. The number of hydrogen-bond donors (Lipinski definition) is 3. The Hall–Kier alpha value is -2.87. The van der Waals surface area contributed by atoms with Crippen molar-refractivity contribution in [2.45, 2.75) is 25.3 Å². The molecule has 0 bridgehead atoms. The number of amides is 1. The van der Waals surface area contributed by atoms with E-state index in [2.05, 4.69) is 10.6 Å². The summed E-state index contributed by atoms with van der Waals surface area (Å²) in [7, 11) is -3.95. The molecule has 3 aromatic rings. The molecule has 3 aromatic carbocycles. The van der Waals surface area contributed by atoms with Gasteiger partial charge in [0.25, 0.3) is 5.91 Å². The SMILES string of the molecule is Cc1cc(C(=O)Nc2cc(Cl)ccc2NCc2ccccc2)cc(S(N)(=O)=O)c1C. The highest BCUT2D eigenvalue weighted by atomic mass is 35.5. The summed E-state index contributed by atoms with van der Waals surface area (Å²) in [6.45, 7) is 3.94. The number of carbonyl (C=O) groups is 1. The summed E-state index contributed by atoms with van der Waals surface area (Å²) in [4.78, 5) is 12.8. The van der Waals surface area contributed by atoms with Crippen LogP contribution in [-0.4, -0.2) is 14.3 Å². The zero-order chi connectivity index (χ0) is 21.9. The van der Waals surface area contributed by atoms with E-state index in [0.717, 1.165) is 5.56 Å². The summed E-state index contributed by atoms with van der Waals surface area (Å²) >= 11 is 6.12. The Bertz CT molecular complexity index is 1200. The van der Waals surface area contributed by atoms with E-state index >= 15 is 0 Å². The van der Waals surface area contributed by atoms with Crippen molar-refractivity contribution in [3.05, 3.63) is 87.9 Å². The third-order valence-corrected chi connectivity index (χ3v) is 6.02. The molecule has 6 nitrogen and oxygen atoms in total. The molecule has 0 aliphatic heterocycles. The van der Waals surface area contributed by atoms with Crippen LogP contribution in [0.4, 0.5) is 11.4 Å². The van der Waals surface area contributed by atoms with Gasteiger partial charge in [0, 0.05) is 17.1 Å². The molecule has 0 radical (unpaired) electrons. The lowest BCUT2D eigenvalue weighted by Crippen LogP contribution is -2.18. The monoisotopic (exact) mass is 443 g/mol. The number of benzene rings is 3. The van der Waals surface area contributed by atoms with E-state index in [9.17, 15) is 13.2 Å². The summed E-state index contributed by atoms with van der Waals surface area (Å²) < 4.78 is 23.8. The molecule has 0 saturated carbocycles. The molecule has 0 unspecified atom stereocenters. The molecule has 156 valence electrons. The fourth-order valence-electron chi connectivity index (χ4n) is 3.02. The molecule has 30 heavy (non-hydrogen) atoms. The Morgan fingerprint density at radius 1 is 1.00 bits per heavy atom. The lowest BCUT2D eigenvalue weighted by atomic mass is 10.1. The second-order valence-electron chi connectivity index (χ2n) is 6.94. The van der Waals surface area contributed by atoms with E-state index < -0.39 is 15.9 Å². The fourth-order valence-corrected chi connectivity index (χ4v) is 4.07. The molecule has 0 atom stereocenters. The predicted octanol–water partition coefficient (Wildman–Crippen LogP) is 4.47. The minimum atomic E-state index is -3.95. The van der Waals surface area contributed by atoms with Crippen LogP contribution in [0.1, 0.15) is 27.0 Å². The van der Waals surface area contributed by atoms with Crippen molar-refractivity contribution in [2.75, 3.05) is 10.6 Å². The van der Waals surface area contributed by atoms with Crippen molar-refractivity contribution in [1.29, 1.82) is 0 Å². The van der Waals surface area contributed by atoms with Crippen LogP contribution in [-0.2, 0) is 16.6 Å². The standard InChI is InChI=1S/C22H22ClN3O3S/c1-14-10-17(11-21(15(14)2)30(24,28)29)22(27)26-20-12-18(23)8-9-19(20)25-13-16-6-4-3-5-7-16/h3-12,25H,13H2,1-2H3,(H,26,27)(H2,24,28,29). The van der Waals surface area contributed by atoms with Gasteiger partial charge in [0.2, 0.25) is 10.0 Å². The van der Waals surface area contributed by atoms with Gasteiger partial charge >= 0.3 is 0 Å². The van der Waals surface area contributed by atoms with Crippen LogP contribution in [0, 0.1) is 13.8 Å². The molecule has 0 fully saturated rings. The van der Waals surface area contributed by atoms with Crippen LogP contribution >= 0.6 is 11.6 Å². The average molecular weight is 444 g/mol. The Morgan fingerprint density at radius 3 is 2.37 bits per heavy atom. The second kappa shape index (κ2) is 8.87. The average Bonchev–Trinajstić information content (AvgIpc) is 2.69. The number of carbonyl (C=O) groups excluding carboxylic acids is 1. The molecular weight excluding hydrogens is 422 g/mol. The van der Waals surface area contributed by atoms with Crippen LogP contribution < -0.4 is 15.8 Å². The molecular formula is C22H22ClN3O3S. The number of anilines is 2. The summed E-state index contributed by atoms with van der Waals surface area (Å²) in [6, 6.07) is 17.9. The van der Waals surface area contributed by atoms with Crippen molar-refractivity contribution >= 4 is 38.9 Å². The van der Waals surface area contributed by atoms with E-state index in [1.165, 1.54) is 6.07 Å². The van der Waals surface area contributed by atoms with Crippen molar-refractivity contribution in [3.8, 4) is 0 Å². The van der Waals surface area contributed by atoms with Gasteiger partial charge in [0.1, 0.15) is 0 Å². The number of sulfonamides is 1. The molecule has 3 rings (SSSR count). The van der Waals surface area contributed by atoms with Crippen molar-refractivity contribution in [3.63, 3.8) is 0 Å². The maximum Gasteiger partial charge on any atom is 0.255 e. The number of hydrogen-bond acceptors (Lipinski definition) is 4. The lowest BCUT2D eigenvalue weighted by Gasteiger charge is -2.15. The molecule has 0 aliphatic rings. The largest absolute Gasteiger partial charge is 0.379 e. The van der Waals surface area contributed by atoms with Gasteiger partial charge in [-0.3, -0.25) is 4.79 Å². The van der Waals surface area contributed by atoms with Crippen molar-refractivity contribution in [2.24, 2.45) is 5.14 Å². The van der Waals surface area contributed by atoms with Gasteiger partial charge in [0.05, 0.1) is 16.3 Å². The third kappa shape index (κ3) is 5.18. The molecule has 0 heterocycles. The summed E-state index contributed by atoms with van der Waals surface area (Å²) in [5.74, 6) is -0.465. The first-order chi connectivity index (χ1) is 14.1. The Kier molecular flexibility index (Phi) is 6.45. The summed E-state index contributed by atoms with van der Waals surface area (Å²) in [6.07, 6.45) is 0. The van der Waals surface area contributed by atoms with E-state index in [1.54, 1.807) is 38.1 Å². The first-order valence-electron chi connectivity index (χ1n) is 9.18. The number of rotatable bonds is 6. The number of aryl methyl sites for hydroxylation is 1. The summed E-state index contributed by atoms with van der Waals surface area (Å²) in [5.41, 5.74) is 3.61. The van der Waals surface area contributed by atoms with Crippen LogP contribution in [0.15, 0.2) is 65.6 Å². The first kappa shape index (κ1) is 21.8. The number of nitrogens with two attached hydrogens (primary N) is 1.